The zero-order valence-corrected chi connectivity index (χ0v) is 6.99. The van der Waals surface area contributed by atoms with E-state index in [1.807, 2.05) is 6.07 Å². The number of H-pyrrole nitrogens is 1. The number of nitrogens with zero attached hydrogens (tertiary/aromatic N) is 2. The summed E-state index contributed by atoms with van der Waals surface area (Å²) in [5.41, 5.74) is 7.86. The molecule has 0 spiro atoms. The number of nitrogens with one attached hydrogen (secondary N) is 1. The number of hydrogen-bond donors (Lipinski definition) is 2. The van der Waals surface area contributed by atoms with E-state index in [2.05, 4.69) is 15.4 Å². The molecule has 0 amide bonds. The molecule has 0 unspecified atom stereocenters. The predicted molar refractivity (Wildman–Crippen MR) is 38.3 cm³/mol. The second-order valence-corrected chi connectivity index (χ2v) is 2.07. The molecule has 2 aromatic rings. The first kappa shape index (κ1) is 8.26. The monoisotopic (exact) mass is 241 g/mol. The zero-order valence-electron chi connectivity index (χ0n) is 5.51. The molecule has 1 aromatic carbocycles. The molecule has 1 heterocycles. The van der Waals surface area contributed by atoms with E-state index in [1.165, 1.54) is 0 Å². The van der Waals surface area contributed by atoms with Crippen molar-refractivity contribution in [3.8, 4) is 0 Å². The minimum absolute atomic E-state index is 0. The van der Waals surface area contributed by atoms with Gasteiger partial charge in [-0.2, -0.15) is 15.4 Å². The molecule has 3 N–H and O–H groups in total. The fourth-order valence-corrected chi connectivity index (χ4v) is 0.857. The van der Waals surface area contributed by atoms with Gasteiger partial charge in [-0.1, -0.05) is 0 Å². The van der Waals surface area contributed by atoms with Crippen LogP contribution in [0.15, 0.2) is 18.2 Å². The summed E-state index contributed by atoms with van der Waals surface area (Å²) in [6.45, 7) is 0. The fourth-order valence-electron chi connectivity index (χ4n) is 0.857. The topological polar surface area (TPSA) is 67.6 Å². The molecule has 0 atom stereocenters. The van der Waals surface area contributed by atoms with Crippen molar-refractivity contribution in [3.63, 3.8) is 0 Å². The molecule has 0 aliphatic carbocycles. The summed E-state index contributed by atoms with van der Waals surface area (Å²) in [6, 6.07) is 5.40. The van der Waals surface area contributed by atoms with Crippen molar-refractivity contribution in [2.45, 2.75) is 0 Å². The first-order valence-corrected chi connectivity index (χ1v) is 2.92. The minimum atomic E-state index is 0. The Balaban J connectivity index is 0.000000605. The fraction of sp³-hybridized carbons (Fsp3) is 0. The number of aromatic nitrogens is 3. The number of fused-ring (bicyclic) bond motifs is 1. The van der Waals surface area contributed by atoms with Crippen LogP contribution in [-0.2, 0) is 22.4 Å². The van der Waals surface area contributed by atoms with E-state index in [1.54, 1.807) is 12.1 Å². The maximum Gasteiger partial charge on any atom is 1.00 e. The van der Waals surface area contributed by atoms with Gasteiger partial charge in [-0.05, 0) is 18.2 Å². The summed E-state index contributed by atoms with van der Waals surface area (Å²) in [5.74, 6) is 0. The Labute approximate surface area is 78.7 Å². The number of aromatic amines is 1. The molecule has 0 fully saturated rings. The van der Waals surface area contributed by atoms with Crippen LogP contribution in [0.5, 0.6) is 0 Å². The van der Waals surface area contributed by atoms with E-state index < -0.39 is 0 Å². The summed E-state index contributed by atoms with van der Waals surface area (Å²) in [7, 11) is 0. The smallest absolute Gasteiger partial charge is 0.399 e. The first-order valence-electron chi connectivity index (χ1n) is 2.92. The van der Waals surface area contributed by atoms with Crippen LogP contribution in [0.3, 0.4) is 0 Å². The molecule has 60 valence electrons. The molecule has 0 aliphatic heterocycles. The minimum Gasteiger partial charge on any atom is -0.399 e. The Morgan fingerprint density at radius 2 is 1.91 bits per heavy atom. The van der Waals surface area contributed by atoms with Crippen LogP contribution < -0.4 is 5.73 Å². The van der Waals surface area contributed by atoms with E-state index in [-0.39, 0.29) is 22.4 Å². The van der Waals surface area contributed by atoms with Gasteiger partial charge in [-0.3, -0.25) is 0 Å². The Bertz CT molecular complexity index is 356. The summed E-state index contributed by atoms with van der Waals surface area (Å²) >= 11 is 0. The van der Waals surface area contributed by atoms with Gasteiger partial charge in [0.2, 0.25) is 0 Å². The first-order chi connectivity index (χ1) is 4.86. The number of nitrogens with two attached hydrogens (primary N) is 1. The van der Waals surface area contributed by atoms with E-state index in [0.717, 1.165) is 11.0 Å². The van der Waals surface area contributed by atoms with Crippen molar-refractivity contribution in [2.75, 3.05) is 5.73 Å². The van der Waals surface area contributed by atoms with Crippen LogP contribution in [0, 0.1) is 0 Å². The van der Waals surface area contributed by atoms with Crippen molar-refractivity contribution < 1.29 is 22.4 Å². The molecule has 5 heteroatoms. The molecule has 1 aromatic heterocycles. The quantitative estimate of drug-likeness (QED) is 0.523. The summed E-state index contributed by atoms with van der Waals surface area (Å²) in [4.78, 5) is 0. The van der Waals surface area contributed by atoms with Gasteiger partial charge in [0.05, 0.1) is 0 Å². The van der Waals surface area contributed by atoms with Crippen LogP contribution in [0.4, 0.5) is 5.69 Å². The van der Waals surface area contributed by atoms with Gasteiger partial charge in [0.25, 0.3) is 0 Å². The van der Waals surface area contributed by atoms with Crippen molar-refractivity contribution in [2.24, 2.45) is 0 Å². The number of hydrogen-bond acceptors (Lipinski definition) is 3. The largest absolute Gasteiger partial charge is 1.00 e. The third-order valence-corrected chi connectivity index (χ3v) is 1.34. The van der Waals surface area contributed by atoms with Crippen LogP contribution >= 0.6 is 0 Å². The normalized spacial score (nSPS) is 9.45. The molecule has 0 radical (unpaired) electrons. The Morgan fingerprint density at radius 3 is 2.73 bits per heavy atom. The van der Waals surface area contributed by atoms with Gasteiger partial charge in [-0.15, -0.1) is 0 Å². The van der Waals surface area contributed by atoms with Gasteiger partial charge < -0.3 is 5.73 Å². The van der Waals surface area contributed by atoms with Crippen LogP contribution in [0.1, 0.15) is 0 Å². The zero-order chi connectivity index (χ0) is 6.97. The van der Waals surface area contributed by atoms with Crippen molar-refractivity contribution in [1.29, 1.82) is 0 Å². The summed E-state index contributed by atoms with van der Waals surface area (Å²) < 4.78 is 0. The van der Waals surface area contributed by atoms with Gasteiger partial charge in [0.15, 0.2) is 0 Å². The number of nitrogen functional groups attached to an aromatic ring is 1. The molecule has 2 rings (SSSR count). The third-order valence-electron chi connectivity index (χ3n) is 1.34. The summed E-state index contributed by atoms with van der Waals surface area (Å²) in [5, 5.41) is 10.2. The van der Waals surface area contributed by atoms with Gasteiger partial charge in [-0.25, -0.2) is 0 Å². The average Bonchev–Trinajstić information content (AvgIpc) is 2.33. The summed E-state index contributed by atoms with van der Waals surface area (Å²) in [6.07, 6.45) is 0. The van der Waals surface area contributed by atoms with Crippen molar-refractivity contribution in [1.82, 2.24) is 15.4 Å². The number of anilines is 1. The molecule has 0 saturated carbocycles. The molecule has 0 aliphatic rings. The number of rotatable bonds is 0. The van der Waals surface area contributed by atoms with Crippen LogP contribution in [0.25, 0.3) is 11.0 Å². The molecule has 4 nitrogen and oxygen atoms in total. The van der Waals surface area contributed by atoms with E-state index in [4.69, 9.17) is 5.73 Å². The Morgan fingerprint density at radius 1 is 1.18 bits per heavy atom. The van der Waals surface area contributed by atoms with E-state index in [0.29, 0.717) is 5.69 Å². The van der Waals surface area contributed by atoms with Gasteiger partial charge >= 0.3 is 22.4 Å². The third kappa shape index (κ3) is 1.42. The van der Waals surface area contributed by atoms with Crippen LogP contribution in [0.2, 0.25) is 0 Å². The number of benzene rings is 1. The maximum atomic E-state index is 5.50. The standard InChI is InChI=1S/C6H6N4.Ag/c7-4-1-2-5-6(3-4)9-10-8-5;/h1-3H,7H2,(H,8,9,10);/q;+1. The Kier molecular flexibility index (Phi) is 2.28. The SMILES string of the molecule is Nc1ccc2n[nH]nc2c1.[Ag+]. The van der Waals surface area contributed by atoms with Crippen LogP contribution in [-0.4, -0.2) is 15.4 Å². The molecule has 0 bridgehead atoms. The average molecular weight is 242 g/mol. The van der Waals surface area contributed by atoms with Crippen molar-refractivity contribution >= 4 is 16.7 Å². The second kappa shape index (κ2) is 3.04. The molecule has 11 heavy (non-hydrogen) atoms. The maximum absolute atomic E-state index is 5.50. The van der Waals surface area contributed by atoms with E-state index >= 15 is 0 Å². The molecular formula is C6H6AgN4+. The Hall–Kier alpha value is -0.840. The predicted octanol–water partition coefficient (Wildman–Crippen LogP) is 0.538. The molecule has 0 saturated heterocycles. The second-order valence-electron chi connectivity index (χ2n) is 2.07. The van der Waals surface area contributed by atoms with Gasteiger partial charge in [0, 0.05) is 5.69 Å². The molecular weight excluding hydrogens is 236 g/mol. The van der Waals surface area contributed by atoms with Crippen molar-refractivity contribution in [3.05, 3.63) is 18.2 Å². The van der Waals surface area contributed by atoms with E-state index in [9.17, 15) is 0 Å². The van der Waals surface area contributed by atoms with Gasteiger partial charge in [0.1, 0.15) is 11.0 Å².